The number of aromatic nitrogens is 2. The van der Waals surface area contributed by atoms with Gasteiger partial charge in [0.05, 0.1) is 7.11 Å². The number of carboxylic acid groups (broad SMARTS) is 1. The van der Waals surface area contributed by atoms with Crippen LogP contribution in [0.3, 0.4) is 0 Å². The molecule has 1 heterocycles. The first-order valence-electron chi connectivity index (χ1n) is 3.42. The van der Waals surface area contributed by atoms with Crippen LogP contribution in [-0.2, 0) is 0 Å². The Kier molecular flexibility index (Phi) is 2.63. The Balaban J connectivity index is 2.94. The Labute approximate surface area is 74.1 Å². The molecule has 0 aliphatic heterocycles. The molecular formula is C7H8N2O4. The second-order valence-electron chi connectivity index (χ2n) is 2.20. The molecule has 0 aliphatic carbocycles. The summed E-state index contributed by atoms with van der Waals surface area (Å²) < 4.78 is 9.05. The molecule has 0 unspecified atom stereocenters. The fraction of sp³-hybridized carbons (Fsp3) is 0.286. The minimum absolute atomic E-state index is 0.232. The second kappa shape index (κ2) is 3.70. The Morgan fingerprint density at radius 2 is 2.23 bits per heavy atom. The van der Waals surface area contributed by atoms with Gasteiger partial charge in [0.15, 0.2) is 0 Å². The molecule has 1 rings (SSSR count). The van der Waals surface area contributed by atoms with E-state index in [0.29, 0.717) is 5.69 Å². The smallest absolute Gasteiger partial charge is 0.481 e. The molecule has 1 aromatic rings. The van der Waals surface area contributed by atoms with E-state index in [1.54, 1.807) is 13.0 Å². The third-order valence-electron chi connectivity index (χ3n) is 1.20. The molecule has 0 saturated carbocycles. The molecule has 70 valence electrons. The van der Waals surface area contributed by atoms with Gasteiger partial charge in [-0.1, -0.05) is 0 Å². The lowest BCUT2D eigenvalue weighted by atomic mass is 10.4. The molecule has 0 fully saturated rings. The Hall–Kier alpha value is -1.85. The van der Waals surface area contributed by atoms with Gasteiger partial charge in [-0.25, -0.2) is 4.79 Å². The maximum Gasteiger partial charge on any atom is 0.513 e. The molecule has 6 nitrogen and oxygen atoms in total. The van der Waals surface area contributed by atoms with E-state index in [-0.39, 0.29) is 11.9 Å². The summed E-state index contributed by atoms with van der Waals surface area (Å²) in [7, 11) is 1.42. The molecule has 0 saturated heterocycles. The molecule has 0 atom stereocenters. The molecule has 0 aliphatic rings. The molecule has 0 aromatic carbocycles. The summed E-state index contributed by atoms with van der Waals surface area (Å²) in [5.74, 6) is 0.267. The van der Waals surface area contributed by atoms with Crippen molar-refractivity contribution in [3.8, 4) is 11.9 Å². The largest absolute Gasteiger partial charge is 0.513 e. The number of ether oxygens (including phenoxy) is 2. The van der Waals surface area contributed by atoms with Crippen LogP contribution < -0.4 is 9.47 Å². The molecule has 6 heteroatoms. The Bertz CT molecular complexity index is 326. The van der Waals surface area contributed by atoms with E-state index < -0.39 is 6.16 Å². The summed E-state index contributed by atoms with van der Waals surface area (Å²) >= 11 is 0. The van der Waals surface area contributed by atoms with Crippen molar-refractivity contribution < 1.29 is 19.4 Å². The molecule has 1 N–H and O–H groups in total. The topological polar surface area (TPSA) is 81.5 Å². The van der Waals surface area contributed by atoms with Crippen molar-refractivity contribution in [1.29, 1.82) is 0 Å². The van der Waals surface area contributed by atoms with Crippen molar-refractivity contribution in [3.05, 3.63) is 11.8 Å². The highest BCUT2D eigenvalue weighted by Gasteiger charge is 2.06. The molecule has 1 aromatic heterocycles. The predicted molar refractivity (Wildman–Crippen MR) is 42.0 cm³/mol. The van der Waals surface area contributed by atoms with E-state index in [1.807, 2.05) is 0 Å². The number of rotatable bonds is 2. The fourth-order valence-electron chi connectivity index (χ4n) is 0.742. The van der Waals surface area contributed by atoms with Crippen LogP contribution in [0.15, 0.2) is 6.07 Å². The lowest BCUT2D eigenvalue weighted by Gasteiger charge is -2.02. The predicted octanol–water partition coefficient (Wildman–Crippen LogP) is 0.850. The maximum absolute atomic E-state index is 10.1. The van der Waals surface area contributed by atoms with Crippen LogP contribution >= 0.6 is 0 Å². The van der Waals surface area contributed by atoms with E-state index in [1.165, 1.54) is 7.11 Å². The zero-order chi connectivity index (χ0) is 9.84. The van der Waals surface area contributed by atoms with Crippen molar-refractivity contribution in [2.75, 3.05) is 7.11 Å². The molecule has 13 heavy (non-hydrogen) atoms. The average molecular weight is 184 g/mol. The Morgan fingerprint density at radius 1 is 1.54 bits per heavy atom. The van der Waals surface area contributed by atoms with Crippen LogP contribution in [0.2, 0.25) is 0 Å². The van der Waals surface area contributed by atoms with Gasteiger partial charge in [-0.15, -0.1) is 0 Å². The SMILES string of the molecule is COc1cc(C)nc(OC(=O)O)n1. The lowest BCUT2D eigenvalue weighted by Crippen LogP contribution is -2.07. The molecule has 0 bridgehead atoms. The number of hydrogen-bond acceptors (Lipinski definition) is 5. The summed E-state index contributed by atoms with van der Waals surface area (Å²) in [5.41, 5.74) is 0.572. The van der Waals surface area contributed by atoms with Gasteiger partial charge < -0.3 is 14.6 Å². The quantitative estimate of drug-likeness (QED) is 0.686. The number of aryl methyl sites for hydroxylation is 1. The first kappa shape index (κ1) is 9.24. The van der Waals surface area contributed by atoms with Crippen molar-refractivity contribution in [1.82, 2.24) is 9.97 Å². The van der Waals surface area contributed by atoms with Crippen molar-refractivity contribution in [2.24, 2.45) is 0 Å². The standard InChI is InChI=1S/C7H8N2O4/c1-4-3-5(12-2)9-6(8-4)13-7(10)11/h3H,1-2H3,(H,10,11). The molecule has 0 amide bonds. The van der Waals surface area contributed by atoms with E-state index in [0.717, 1.165) is 0 Å². The normalized spacial score (nSPS) is 9.38. The second-order valence-corrected chi connectivity index (χ2v) is 2.20. The van der Waals surface area contributed by atoms with Gasteiger partial charge in [-0.05, 0) is 6.92 Å². The van der Waals surface area contributed by atoms with E-state index in [9.17, 15) is 4.79 Å². The van der Waals surface area contributed by atoms with Gasteiger partial charge >= 0.3 is 12.2 Å². The highest BCUT2D eigenvalue weighted by molar-refractivity contribution is 5.59. The van der Waals surface area contributed by atoms with Gasteiger partial charge in [0.2, 0.25) is 5.88 Å². The number of carbonyl (C=O) groups is 1. The summed E-state index contributed by atoms with van der Waals surface area (Å²) in [4.78, 5) is 17.5. The third kappa shape index (κ3) is 2.58. The highest BCUT2D eigenvalue weighted by Crippen LogP contribution is 2.12. The van der Waals surface area contributed by atoms with Gasteiger partial charge in [0.1, 0.15) is 0 Å². The van der Waals surface area contributed by atoms with Crippen molar-refractivity contribution in [2.45, 2.75) is 6.92 Å². The minimum atomic E-state index is -1.45. The van der Waals surface area contributed by atoms with Crippen LogP contribution in [0.1, 0.15) is 5.69 Å². The molecule has 0 spiro atoms. The van der Waals surface area contributed by atoms with Crippen LogP contribution in [0.4, 0.5) is 4.79 Å². The molecule has 0 radical (unpaired) electrons. The number of methoxy groups -OCH3 is 1. The zero-order valence-electron chi connectivity index (χ0n) is 7.14. The highest BCUT2D eigenvalue weighted by atomic mass is 16.7. The summed E-state index contributed by atoms with van der Waals surface area (Å²) in [5, 5.41) is 8.28. The minimum Gasteiger partial charge on any atom is -0.481 e. The zero-order valence-corrected chi connectivity index (χ0v) is 7.14. The van der Waals surface area contributed by atoms with E-state index in [2.05, 4.69) is 14.7 Å². The first-order chi connectivity index (χ1) is 6.11. The van der Waals surface area contributed by atoms with Gasteiger partial charge in [0, 0.05) is 11.8 Å². The Morgan fingerprint density at radius 3 is 2.77 bits per heavy atom. The van der Waals surface area contributed by atoms with Crippen molar-refractivity contribution in [3.63, 3.8) is 0 Å². The fourth-order valence-corrected chi connectivity index (χ4v) is 0.742. The van der Waals surface area contributed by atoms with Crippen LogP contribution in [0.5, 0.6) is 11.9 Å². The van der Waals surface area contributed by atoms with E-state index in [4.69, 9.17) is 9.84 Å². The number of nitrogens with zero attached hydrogens (tertiary/aromatic N) is 2. The van der Waals surface area contributed by atoms with Gasteiger partial charge in [-0.2, -0.15) is 9.97 Å². The lowest BCUT2D eigenvalue weighted by molar-refractivity contribution is 0.140. The summed E-state index contributed by atoms with van der Waals surface area (Å²) in [6.07, 6.45) is -1.45. The molecular weight excluding hydrogens is 176 g/mol. The first-order valence-corrected chi connectivity index (χ1v) is 3.42. The van der Waals surface area contributed by atoms with Crippen LogP contribution in [0, 0.1) is 6.92 Å². The maximum atomic E-state index is 10.1. The monoisotopic (exact) mass is 184 g/mol. The number of hydrogen-bond donors (Lipinski definition) is 1. The van der Waals surface area contributed by atoms with Gasteiger partial charge in [0.25, 0.3) is 0 Å². The van der Waals surface area contributed by atoms with Gasteiger partial charge in [-0.3, -0.25) is 0 Å². The third-order valence-corrected chi connectivity index (χ3v) is 1.20. The van der Waals surface area contributed by atoms with Crippen LogP contribution in [-0.4, -0.2) is 28.3 Å². The van der Waals surface area contributed by atoms with Crippen LogP contribution in [0.25, 0.3) is 0 Å². The van der Waals surface area contributed by atoms with E-state index >= 15 is 0 Å². The summed E-state index contributed by atoms with van der Waals surface area (Å²) in [6, 6.07) is 1.33. The summed E-state index contributed by atoms with van der Waals surface area (Å²) in [6.45, 7) is 1.68. The average Bonchev–Trinajstić information content (AvgIpc) is 2.01. The van der Waals surface area contributed by atoms with Crippen molar-refractivity contribution >= 4 is 6.16 Å².